The molecule has 1 saturated carbocycles. The molecule has 2 rings (SSSR count). The van der Waals surface area contributed by atoms with Crippen molar-refractivity contribution in [3.8, 4) is 0 Å². The van der Waals surface area contributed by atoms with E-state index in [0.717, 1.165) is 44.3 Å². The fourth-order valence-electron chi connectivity index (χ4n) is 3.49. The molecule has 0 bridgehead atoms. The van der Waals surface area contributed by atoms with E-state index in [1.165, 1.54) is 25.7 Å². The summed E-state index contributed by atoms with van der Waals surface area (Å²) >= 11 is 0. The molecule has 1 aromatic heterocycles. The summed E-state index contributed by atoms with van der Waals surface area (Å²) in [4.78, 5) is 22.7. The van der Waals surface area contributed by atoms with Gasteiger partial charge < -0.3 is 20.3 Å². The fourth-order valence-corrected chi connectivity index (χ4v) is 3.49. The van der Waals surface area contributed by atoms with Gasteiger partial charge in [0.2, 0.25) is 5.95 Å². The number of nitrogens with zero attached hydrogens (tertiary/aromatic N) is 3. The predicted molar refractivity (Wildman–Crippen MR) is 114 cm³/mol. The highest BCUT2D eigenvalue weighted by Crippen LogP contribution is 2.22. The highest BCUT2D eigenvalue weighted by atomic mass is 16.5. The van der Waals surface area contributed by atoms with Crippen molar-refractivity contribution in [2.45, 2.75) is 83.2 Å². The number of amides is 1. The molecule has 1 fully saturated rings. The molecular weight excluding hydrogens is 354 g/mol. The summed E-state index contributed by atoms with van der Waals surface area (Å²) in [6, 6.07) is 2.43. The second-order valence-corrected chi connectivity index (χ2v) is 7.87. The third kappa shape index (κ3) is 8.31. The number of hydrogen-bond acceptors (Lipinski definition) is 6. The monoisotopic (exact) mass is 391 g/mol. The van der Waals surface area contributed by atoms with Gasteiger partial charge in [0.15, 0.2) is 0 Å². The molecule has 1 aliphatic rings. The van der Waals surface area contributed by atoms with Crippen LogP contribution in [-0.2, 0) is 4.74 Å². The number of anilines is 2. The number of unbranched alkanes of at least 4 members (excludes halogenated alkanes) is 5. The van der Waals surface area contributed by atoms with E-state index in [1.54, 1.807) is 6.20 Å². The van der Waals surface area contributed by atoms with Crippen LogP contribution in [0.1, 0.15) is 71.1 Å². The first-order valence-corrected chi connectivity index (χ1v) is 10.8. The Balaban J connectivity index is 1.59. The van der Waals surface area contributed by atoms with Crippen LogP contribution in [0.15, 0.2) is 12.3 Å². The quantitative estimate of drug-likeness (QED) is 0.546. The van der Waals surface area contributed by atoms with Crippen LogP contribution in [0.2, 0.25) is 0 Å². The lowest BCUT2D eigenvalue weighted by atomic mass is 9.91. The van der Waals surface area contributed by atoms with Gasteiger partial charge in [-0.2, -0.15) is 4.98 Å². The molecule has 1 aliphatic carbocycles. The van der Waals surface area contributed by atoms with Gasteiger partial charge in [-0.3, -0.25) is 0 Å². The first kappa shape index (κ1) is 22.2. The maximum Gasteiger partial charge on any atom is 0.407 e. The van der Waals surface area contributed by atoms with Crippen LogP contribution >= 0.6 is 0 Å². The molecule has 158 valence electrons. The van der Waals surface area contributed by atoms with Crippen LogP contribution in [0.5, 0.6) is 0 Å². The number of aromatic nitrogens is 2. The van der Waals surface area contributed by atoms with E-state index >= 15 is 0 Å². The third-order valence-electron chi connectivity index (χ3n) is 5.21. The molecule has 7 nitrogen and oxygen atoms in total. The lowest BCUT2D eigenvalue weighted by Crippen LogP contribution is -2.40. The van der Waals surface area contributed by atoms with E-state index in [0.29, 0.717) is 18.6 Å². The summed E-state index contributed by atoms with van der Waals surface area (Å²) in [5.41, 5.74) is 0. The number of alkyl carbamates (subject to hydrolysis) is 1. The van der Waals surface area contributed by atoms with Crippen molar-refractivity contribution in [1.29, 1.82) is 0 Å². The molecule has 0 aliphatic heterocycles. The second kappa shape index (κ2) is 12.4. The topological polar surface area (TPSA) is 79.4 Å². The molecule has 1 amide bonds. The third-order valence-corrected chi connectivity index (χ3v) is 5.21. The number of hydrogen-bond donors (Lipinski definition) is 2. The minimum absolute atomic E-state index is 0.198. The van der Waals surface area contributed by atoms with Crippen molar-refractivity contribution >= 4 is 17.9 Å². The zero-order chi connectivity index (χ0) is 20.2. The van der Waals surface area contributed by atoms with Crippen molar-refractivity contribution in [3.05, 3.63) is 12.3 Å². The molecule has 0 radical (unpaired) electrons. The van der Waals surface area contributed by atoms with Crippen LogP contribution in [0.3, 0.4) is 0 Å². The minimum atomic E-state index is -0.271. The van der Waals surface area contributed by atoms with Crippen molar-refractivity contribution in [2.24, 2.45) is 0 Å². The van der Waals surface area contributed by atoms with Gasteiger partial charge in [0.1, 0.15) is 5.82 Å². The maximum absolute atomic E-state index is 11.9. The molecule has 1 heterocycles. The van der Waals surface area contributed by atoms with Gasteiger partial charge in [-0.05, 0) is 38.2 Å². The Bertz CT molecular complexity index is 574. The molecule has 0 saturated heterocycles. The average Bonchev–Trinajstić information content (AvgIpc) is 2.69. The molecule has 1 aromatic rings. The summed E-state index contributed by atoms with van der Waals surface area (Å²) in [6.07, 6.45) is 12.5. The Hall–Kier alpha value is -2.05. The molecule has 2 N–H and O–H groups in total. The summed E-state index contributed by atoms with van der Waals surface area (Å²) in [5.74, 6) is 1.56. The number of rotatable bonds is 11. The van der Waals surface area contributed by atoms with Crippen molar-refractivity contribution in [2.75, 3.05) is 30.9 Å². The van der Waals surface area contributed by atoms with Crippen molar-refractivity contribution in [1.82, 2.24) is 15.3 Å². The van der Waals surface area contributed by atoms with E-state index in [2.05, 4.69) is 27.5 Å². The number of carbonyl (C=O) groups excluding carboxylic acids is 1. The van der Waals surface area contributed by atoms with Gasteiger partial charge in [0.25, 0.3) is 0 Å². The minimum Gasteiger partial charge on any atom is -0.450 e. The van der Waals surface area contributed by atoms with Gasteiger partial charge in [-0.15, -0.1) is 0 Å². The Kier molecular flexibility index (Phi) is 9.86. The van der Waals surface area contributed by atoms with E-state index in [-0.39, 0.29) is 12.1 Å². The number of ether oxygens (including phenoxy) is 1. The highest BCUT2D eigenvalue weighted by Gasteiger charge is 2.23. The summed E-state index contributed by atoms with van der Waals surface area (Å²) in [6.45, 7) is 2.74. The highest BCUT2D eigenvalue weighted by molar-refractivity contribution is 5.67. The summed E-state index contributed by atoms with van der Waals surface area (Å²) in [5, 5.41) is 6.43. The first-order chi connectivity index (χ1) is 13.6. The number of nitrogens with one attached hydrogen (secondary N) is 2. The fraction of sp³-hybridized carbons (Fsp3) is 0.762. The average molecular weight is 392 g/mol. The Morgan fingerprint density at radius 3 is 2.50 bits per heavy atom. The predicted octanol–water partition coefficient (Wildman–Crippen LogP) is 4.35. The van der Waals surface area contributed by atoms with Crippen LogP contribution < -0.4 is 15.5 Å². The van der Waals surface area contributed by atoms with Gasteiger partial charge >= 0.3 is 6.09 Å². The SMILES string of the molecule is CCCCCCCCOC(=O)NC1CCC(Nc2nccc(N(C)C)n2)CC1. The normalized spacial score (nSPS) is 19.1. The molecule has 0 unspecified atom stereocenters. The lowest BCUT2D eigenvalue weighted by Gasteiger charge is -2.29. The van der Waals surface area contributed by atoms with E-state index < -0.39 is 0 Å². The van der Waals surface area contributed by atoms with Gasteiger partial charge in [0.05, 0.1) is 6.61 Å². The molecule has 7 heteroatoms. The van der Waals surface area contributed by atoms with Gasteiger partial charge in [-0.25, -0.2) is 9.78 Å². The second-order valence-electron chi connectivity index (χ2n) is 7.87. The molecule has 0 atom stereocenters. The van der Waals surface area contributed by atoms with Gasteiger partial charge in [-0.1, -0.05) is 39.0 Å². The smallest absolute Gasteiger partial charge is 0.407 e. The molecule has 0 spiro atoms. The van der Waals surface area contributed by atoms with Crippen LogP contribution in [-0.4, -0.2) is 48.8 Å². The number of carbonyl (C=O) groups is 1. The lowest BCUT2D eigenvalue weighted by molar-refractivity contribution is 0.137. The van der Waals surface area contributed by atoms with Gasteiger partial charge in [0, 0.05) is 32.4 Å². The van der Waals surface area contributed by atoms with E-state index in [9.17, 15) is 4.79 Å². The van der Waals surface area contributed by atoms with Crippen LogP contribution in [0.4, 0.5) is 16.6 Å². The molecule has 28 heavy (non-hydrogen) atoms. The Labute approximate surface area is 169 Å². The zero-order valence-electron chi connectivity index (χ0n) is 17.7. The molecule has 0 aromatic carbocycles. The van der Waals surface area contributed by atoms with Crippen LogP contribution in [0, 0.1) is 0 Å². The zero-order valence-corrected chi connectivity index (χ0v) is 17.7. The van der Waals surface area contributed by atoms with Crippen molar-refractivity contribution < 1.29 is 9.53 Å². The van der Waals surface area contributed by atoms with Crippen molar-refractivity contribution in [3.63, 3.8) is 0 Å². The van der Waals surface area contributed by atoms with E-state index in [1.807, 2.05) is 25.1 Å². The largest absolute Gasteiger partial charge is 0.450 e. The standard InChI is InChI=1S/C21H37N5O2/c1-4-5-6-7-8-9-16-28-21(27)24-18-12-10-17(11-13-18)23-20-22-15-14-19(25-20)26(2)3/h14-15,17-18H,4-13,16H2,1-3H3,(H,24,27)(H,22,23,25). The first-order valence-electron chi connectivity index (χ1n) is 10.8. The van der Waals surface area contributed by atoms with E-state index in [4.69, 9.17) is 4.74 Å². The molecular formula is C21H37N5O2. The summed E-state index contributed by atoms with van der Waals surface area (Å²) in [7, 11) is 3.93. The Morgan fingerprint density at radius 2 is 1.79 bits per heavy atom. The van der Waals surface area contributed by atoms with Crippen LogP contribution in [0.25, 0.3) is 0 Å². The summed E-state index contributed by atoms with van der Waals surface area (Å²) < 4.78 is 5.32. The Morgan fingerprint density at radius 1 is 1.11 bits per heavy atom. The maximum atomic E-state index is 11.9.